The molecule has 0 amide bonds. The van der Waals surface area contributed by atoms with Crippen molar-refractivity contribution in [2.24, 2.45) is 0 Å². The van der Waals surface area contributed by atoms with E-state index in [-0.39, 0.29) is 6.61 Å². The van der Waals surface area contributed by atoms with Crippen LogP contribution < -0.4 is 0 Å². The van der Waals surface area contributed by atoms with E-state index < -0.39 is 31.0 Å². The number of aliphatic hydroxyl groups is 4. The third-order valence-corrected chi connectivity index (χ3v) is 5.54. The van der Waals surface area contributed by atoms with Crippen molar-refractivity contribution in [2.75, 3.05) is 26.4 Å². The van der Waals surface area contributed by atoms with Crippen LogP contribution in [0.4, 0.5) is 0 Å². The van der Waals surface area contributed by atoms with E-state index in [1.165, 1.54) is 57.8 Å². The van der Waals surface area contributed by atoms with Crippen LogP contribution in [0.5, 0.6) is 0 Å². The van der Waals surface area contributed by atoms with Gasteiger partial charge >= 0.3 is 0 Å². The molecular formula is C24H50O6. The molecule has 6 nitrogen and oxygen atoms in total. The number of hydrogen-bond acceptors (Lipinski definition) is 6. The number of rotatable bonds is 23. The Morgan fingerprint density at radius 3 is 1.57 bits per heavy atom. The molecule has 0 bridgehead atoms. The minimum atomic E-state index is -1.35. The molecule has 0 aliphatic carbocycles. The molecule has 6 heteroatoms. The molecule has 0 radical (unpaired) electrons. The van der Waals surface area contributed by atoms with Crippen molar-refractivity contribution >= 4 is 0 Å². The Morgan fingerprint density at radius 1 is 0.600 bits per heavy atom. The van der Waals surface area contributed by atoms with Crippen molar-refractivity contribution in [1.29, 1.82) is 0 Å². The highest BCUT2D eigenvalue weighted by molar-refractivity contribution is 4.82. The van der Waals surface area contributed by atoms with Gasteiger partial charge < -0.3 is 29.9 Å². The SMILES string of the molecule is CCCCCCCCCOC[C@@H](O)[C@@H](OCCCCCCCCC)[C@H](O)[C@@H](O)CO. The molecule has 0 aliphatic heterocycles. The normalized spacial score (nSPS) is 15.8. The maximum Gasteiger partial charge on any atom is 0.114 e. The van der Waals surface area contributed by atoms with Crippen LogP contribution >= 0.6 is 0 Å². The molecule has 0 spiro atoms. The zero-order valence-corrected chi connectivity index (χ0v) is 19.6. The fourth-order valence-electron chi connectivity index (χ4n) is 3.50. The average molecular weight is 435 g/mol. The van der Waals surface area contributed by atoms with Gasteiger partial charge in [0, 0.05) is 13.2 Å². The molecule has 0 saturated heterocycles. The van der Waals surface area contributed by atoms with E-state index in [1.807, 2.05) is 0 Å². The summed E-state index contributed by atoms with van der Waals surface area (Å²) in [6.45, 7) is 4.85. The second-order valence-corrected chi connectivity index (χ2v) is 8.46. The monoisotopic (exact) mass is 434 g/mol. The van der Waals surface area contributed by atoms with Crippen LogP contribution in [-0.4, -0.2) is 71.3 Å². The first-order chi connectivity index (χ1) is 14.6. The van der Waals surface area contributed by atoms with Crippen molar-refractivity contribution in [2.45, 2.75) is 128 Å². The number of unbranched alkanes of at least 4 members (excludes halogenated alkanes) is 12. The number of hydrogen-bond donors (Lipinski definition) is 4. The quantitative estimate of drug-likeness (QED) is 0.182. The second-order valence-electron chi connectivity index (χ2n) is 8.46. The summed E-state index contributed by atoms with van der Waals surface area (Å²) in [5.74, 6) is 0. The van der Waals surface area contributed by atoms with E-state index in [2.05, 4.69) is 13.8 Å². The largest absolute Gasteiger partial charge is 0.394 e. The molecule has 0 aromatic heterocycles. The van der Waals surface area contributed by atoms with Gasteiger partial charge in [0.2, 0.25) is 0 Å². The molecule has 30 heavy (non-hydrogen) atoms. The van der Waals surface area contributed by atoms with Crippen LogP contribution in [0.25, 0.3) is 0 Å². The van der Waals surface area contributed by atoms with Crippen molar-refractivity contribution < 1.29 is 29.9 Å². The average Bonchev–Trinajstić information content (AvgIpc) is 2.75. The molecule has 182 valence electrons. The van der Waals surface area contributed by atoms with Crippen molar-refractivity contribution in [3.63, 3.8) is 0 Å². The molecule has 0 aromatic carbocycles. The third kappa shape index (κ3) is 16.5. The molecule has 0 aliphatic rings. The highest BCUT2D eigenvalue weighted by Crippen LogP contribution is 2.13. The maximum absolute atomic E-state index is 10.4. The minimum absolute atomic E-state index is 0.0483. The van der Waals surface area contributed by atoms with Crippen LogP contribution in [0, 0.1) is 0 Å². The van der Waals surface area contributed by atoms with Crippen LogP contribution in [0.2, 0.25) is 0 Å². The predicted molar refractivity (Wildman–Crippen MR) is 122 cm³/mol. The van der Waals surface area contributed by atoms with Gasteiger partial charge in [0.1, 0.15) is 24.4 Å². The molecule has 0 unspecified atom stereocenters. The second kappa shape index (κ2) is 22.0. The van der Waals surface area contributed by atoms with Gasteiger partial charge in [-0.15, -0.1) is 0 Å². The van der Waals surface area contributed by atoms with Crippen LogP contribution in [0.3, 0.4) is 0 Å². The summed E-state index contributed by atoms with van der Waals surface area (Å²) >= 11 is 0. The summed E-state index contributed by atoms with van der Waals surface area (Å²) in [6, 6.07) is 0. The first-order valence-corrected chi connectivity index (χ1v) is 12.4. The molecule has 0 aromatic rings. The van der Waals surface area contributed by atoms with Gasteiger partial charge in [-0.25, -0.2) is 0 Å². The van der Waals surface area contributed by atoms with E-state index in [9.17, 15) is 15.3 Å². The fraction of sp³-hybridized carbons (Fsp3) is 1.00. The molecule has 0 fully saturated rings. The minimum Gasteiger partial charge on any atom is -0.394 e. The number of aliphatic hydroxyl groups excluding tert-OH is 4. The predicted octanol–water partition coefficient (Wildman–Crippen LogP) is 3.96. The maximum atomic E-state index is 10.4. The van der Waals surface area contributed by atoms with Gasteiger partial charge in [0.25, 0.3) is 0 Å². The Labute approximate surface area is 185 Å². The lowest BCUT2D eigenvalue weighted by Crippen LogP contribution is -2.49. The topological polar surface area (TPSA) is 99.4 Å². The first kappa shape index (κ1) is 29.8. The Hall–Kier alpha value is -0.240. The Balaban J connectivity index is 4.08. The molecule has 0 rings (SSSR count). The molecule has 0 heterocycles. The summed E-state index contributed by atoms with van der Waals surface area (Å²) in [4.78, 5) is 0. The van der Waals surface area contributed by atoms with E-state index in [0.717, 1.165) is 32.1 Å². The van der Waals surface area contributed by atoms with Gasteiger partial charge in [-0.05, 0) is 12.8 Å². The highest BCUT2D eigenvalue weighted by atomic mass is 16.5. The third-order valence-electron chi connectivity index (χ3n) is 5.54. The van der Waals surface area contributed by atoms with Gasteiger partial charge in [-0.1, -0.05) is 90.9 Å². The van der Waals surface area contributed by atoms with Gasteiger partial charge in [-0.2, -0.15) is 0 Å². The first-order valence-electron chi connectivity index (χ1n) is 12.4. The number of ether oxygens (including phenoxy) is 2. The lowest BCUT2D eigenvalue weighted by Gasteiger charge is -2.30. The van der Waals surface area contributed by atoms with Crippen molar-refractivity contribution in [3.8, 4) is 0 Å². The van der Waals surface area contributed by atoms with Crippen LogP contribution in [0.1, 0.15) is 104 Å². The van der Waals surface area contributed by atoms with Crippen molar-refractivity contribution in [1.82, 2.24) is 0 Å². The van der Waals surface area contributed by atoms with E-state index in [4.69, 9.17) is 14.6 Å². The summed E-state index contributed by atoms with van der Waals surface area (Å²) in [5.41, 5.74) is 0. The Morgan fingerprint density at radius 2 is 1.07 bits per heavy atom. The van der Waals surface area contributed by atoms with Gasteiger partial charge in [0.05, 0.1) is 13.2 Å². The van der Waals surface area contributed by atoms with E-state index in [0.29, 0.717) is 13.2 Å². The fourth-order valence-corrected chi connectivity index (χ4v) is 3.50. The molecule has 0 saturated carbocycles. The summed E-state index contributed by atoms with van der Waals surface area (Å²) in [5, 5.41) is 39.5. The highest BCUT2D eigenvalue weighted by Gasteiger charge is 2.32. The van der Waals surface area contributed by atoms with E-state index in [1.54, 1.807) is 0 Å². The van der Waals surface area contributed by atoms with Gasteiger partial charge in [-0.3, -0.25) is 0 Å². The summed E-state index contributed by atoms with van der Waals surface area (Å²) in [7, 11) is 0. The molecule has 4 N–H and O–H groups in total. The summed E-state index contributed by atoms with van der Waals surface area (Å²) in [6.07, 6.45) is 11.7. The molecular weight excluding hydrogens is 384 g/mol. The van der Waals surface area contributed by atoms with Crippen LogP contribution in [0.15, 0.2) is 0 Å². The summed E-state index contributed by atoms with van der Waals surface area (Å²) < 4.78 is 11.3. The smallest absolute Gasteiger partial charge is 0.114 e. The lowest BCUT2D eigenvalue weighted by molar-refractivity contribution is -0.153. The zero-order valence-electron chi connectivity index (χ0n) is 19.6. The molecule has 4 atom stereocenters. The Bertz CT molecular complexity index is 342. The lowest BCUT2D eigenvalue weighted by atomic mass is 10.0. The van der Waals surface area contributed by atoms with E-state index >= 15 is 0 Å². The van der Waals surface area contributed by atoms with Crippen LogP contribution in [-0.2, 0) is 9.47 Å². The standard InChI is InChI=1S/C24H50O6/c1-3-5-7-9-11-13-15-17-29-20-22(27)24(23(28)21(26)19-25)30-18-16-14-12-10-8-6-4-2/h21-28H,3-20H2,1-2H3/t21-,22+,23+,24+/m0/s1. The Kier molecular flexibility index (Phi) is 21.8. The zero-order chi connectivity index (χ0) is 22.5. The van der Waals surface area contributed by atoms with Gasteiger partial charge in [0.15, 0.2) is 0 Å². The van der Waals surface area contributed by atoms with Crippen molar-refractivity contribution in [3.05, 3.63) is 0 Å².